The average molecular weight is 384 g/mol. The third-order valence-electron chi connectivity index (χ3n) is 4.86. The van der Waals surface area contributed by atoms with Crippen molar-refractivity contribution in [2.45, 2.75) is 10.6 Å². The number of hydrogen-bond donors (Lipinski definition) is 0. The predicted molar refractivity (Wildman–Crippen MR) is 99.8 cm³/mol. The molecule has 1 unspecified atom stereocenters. The van der Waals surface area contributed by atoms with Crippen LogP contribution in [0.3, 0.4) is 0 Å². The standard InChI is InChI=1S/C9H7.C5H5.2C3H4O2.CH2.Ti/c1-2-5-9-7-3-6-8(9)4-1;1-2-4-5-3-1;2*1-2-3(4)5;;/h1-7H;1-3H,4H2;2*2H,1H2,(H,4,5);1H2;/q;;;;;+2/p-2. The number of benzene rings is 1. The van der Waals surface area contributed by atoms with Gasteiger partial charge in [-0.15, -0.1) is 0 Å². The first-order valence-corrected chi connectivity index (χ1v) is 12.4. The fourth-order valence-corrected chi connectivity index (χ4v) is 10.4. The summed E-state index contributed by atoms with van der Waals surface area (Å²) in [6, 6.07) is 7.75. The van der Waals surface area contributed by atoms with E-state index >= 15 is 0 Å². The SMILES string of the molecule is C=CC(=O)[O][Ti](=[CH2])([O]C(=O)C=C)([C]1=CC=CC1)[CH]1C=Cc2ccccc21. The van der Waals surface area contributed by atoms with Crippen LogP contribution >= 0.6 is 0 Å². The molecule has 0 radical (unpaired) electrons. The van der Waals surface area contributed by atoms with Crippen molar-refractivity contribution in [3.8, 4) is 0 Å². The molecule has 0 N–H and O–H groups in total. The van der Waals surface area contributed by atoms with E-state index in [0.717, 1.165) is 27.2 Å². The maximum absolute atomic E-state index is 12.3. The molecule has 0 bridgehead atoms. The monoisotopic (exact) mass is 384 g/mol. The van der Waals surface area contributed by atoms with Gasteiger partial charge in [-0.25, -0.2) is 0 Å². The van der Waals surface area contributed by atoms with Gasteiger partial charge in [-0.1, -0.05) is 0 Å². The first-order chi connectivity index (χ1) is 12.4. The van der Waals surface area contributed by atoms with Gasteiger partial charge >= 0.3 is 154 Å². The number of carbonyl (C=O) groups excluding carboxylic acids is 2. The van der Waals surface area contributed by atoms with Crippen LogP contribution in [0.2, 0.25) is 0 Å². The van der Waals surface area contributed by atoms with Gasteiger partial charge in [0.05, 0.1) is 0 Å². The van der Waals surface area contributed by atoms with E-state index in [9.17, 15) is 9.59 Å². The van der Waals surface area contributed by atoms with Gasteiger partial charge in [-0.3, -0.25) is 0 Å². The number of rotatable bonds is 6. The van der Waals surface area contributed by atoms with Crippen LogP contribution in [0.15, 0.2) is 77.8 Å². The summed E-state index contributed by atoms with van der Waals surface area (Å²) in [4.78, 5) is 29.0. The minimum atomic E-state index is -5.13. The Labute approximate surface area is 154 Å². The molecule has 132 valence electrons. The first kappa shape index (κ1) is 18.2. The molecule has 5 heteroatoms. The van der Waals surface area contributed by atoms with E-state index in [4.69, 9.17) is 6.64 Å². The van der Waals surface area contributed by atoms with Gasteiger partial charge in [-0.05, 0) is 0 Å². The fourth-order valence-electron chi connectivity index (χ4n) is 3.60. The van der Waals surface area contributed by atoms with Crippen LogP contribution in [0.25, 0.3) is 6.08 Å². The van der Waals surface area contributed by atoms with Crippen LogP contribution in [0, 0.1) is 0 Å². The third kappa shape index (κ3) is 2.81. The van der Waals surface area contributed by atoms with Crippen LogP contribution in [-0.4, -0.2) is 16.8 Å². The summed E-state index contributed by atoms with van der Waals surface area (Å²) in [5.41, 5.74) is 1.92. The number of carbonyl (C=O) groups is 2. The van der Waals surface area contributed by atoms with E-state index in [2.05, 4.69) is 18.0 Å². The molecule has 3 rings (SSSR count). The topological polar surface area (TPSA) is 52.6 Å². The van der Waals surface area contributed by atoms with Gasteiger partial charge in [0, 0.05) is 0 Å². The van der Waals surface area contributed by atoms with Crippen molar-refractivity contribution in [3.63, 3.8) is 0 Å². The van der Waals surface area contributed by atoms with Gasteiger partial charge in [0.1, 0.15) is 0 Å². The van der Waals surface area contributed by atoms with E-state index in [1.54, 1.807) is 0 Å². The molecule has 0 spiro atoms. The molecule has 26 heavy (non-hydrogen) atoms. The molecule has 0 amide bonds. The van der Waals surface area contributed by atoms with Crippen molar-refractivity contribution in [2.24, 2.45) is 0 Å². The molecule has 2 aliphatic carbocycles. The molecule has 1 atom stereocenters. The number of hydrogen-bond acceptors (Lipinski definition) is 4. The molecule has 0 fully saturated rings. The van der Waals surface area contributed by atoms with E-state index in [1.807, 2.05) is 54.6 Å². The van der Waals surface area contributed by atoms with Crippen LogP contribution in [0.5, 0.6) is 0 Å². The number of allylic oxidation sites excluding steroid dienone is 5. The summed E-state index contributed by atoms with van der Waals surface area (Å²) in [7, 11) is 0. The molecule has 0 aromatic heterocycles. The van der Waals surface area contributed by atoms with Gasteiger partial charge in [0.15, 0.2) is 0 Å². The summed E-state index contributed by atoms with van der Waals surface area (Å²) in [6.45, 7) is 6.97. The van der Waals surface area contributed by atoms with Gasteiger partial charge in [-0.2, -0.15) is 0 Å². The summed E-state index contributed by atoms with van der Waals surface area (Å²) < 4.78 is 12.2. The van der Waals surface area contributed by atoms with Crippen LogP contribution in [-0.2, 0) is 31.8 Å². The Balaban J connectivity index is 2.27. The average Bonchev–Trinajstić information content (AvgIpc) is 3.32. The van der Waals surface area contributed by atoms with E-state index < -0.39 is 31.8 Å². The van der Waals surface area contributed by atoms with Crippen molar-refractivity contribution < 1.29 is 31.8 Å². The Bertz CT molecular complexity index is 936. The zero-order valence-electron chi connectivity index (χ0n) is 14.4. The Kier molecular flexibility index (Phi) is 4.65. The quantitative estimate of drug-likeness (QED) is 0.550. The molecule has 1 aromatic carbocycles. The van der Waals surface area contributed by atoms with Gasteiger partial charge < -0.3 is 0 Å². The van der Waals surface area contributed by atoms with E-state index in [0.29, 0.717) is 6.42 Å². The second-order valence-electron chi connectivity index (χ2n) is 6.38. The van der Waals surface area contributed by atoms with Crippen LogP contribution in [0.1, 0.15) is 21.8 Å². The summed E-state index contributed by atoms with van der Waals surface area (Å²) in [5, 5.41) is 0. The molecular weight excluding hydrogens is 364 g/mol. The second kappa shape index (κ2) is 6.63. The van der Waals surface area contributed by atoms with Gasteiger partial charge in [0.2, 0.25) is 0 Å². The summed E-state index contributed by atoms with van der Waals surface area (Å²) >= 11 is -5.13. The minimum absolute atomic E-state index is 0.429. The summed E-state index contributed by atoms with van der Waals surface area (Å²) in [6.07, 6.45) is 12.1. The Morgan fingerprint density at radius 2 is 1.77 bits per heavy atom. The van der Waals surface area contributed by atoms with Crippen LogP contribution < -0.4 is 0 Å². The van der Waals surface area contributed by atoms with Crippen LogP contribution in [0.4, 0.5) is 0 Å². The predicted octanol–water partition coefficient (Wildman–Crippen LogP) is 4.01. The first-order valence-electron chi connectivity index (χ1n) is 8.30. The zero-order chi connectivity index (χ0) is 18.8. The van der Waals surface area contributed by atoms with Crippen molar-refractivity contribution >= 4 is 22.8 Å². The van der Waals surface area contributed by atoms with Crippen molar-refractivity contribution in [3.05, 3.63) is 88.9 Å². The normalized spacial score (nSPS) is 18.0. The molecule has 0 saturated carbocycles. The van der Waals surface area contributed by atoms with E-state index in [1.165, 1.54) is 0 Å². The molecule has 4 nitrogen and oxygen atoms in total. The number of fused-ring (bicyclic) bond motifs is 1. The van der Waals surface area contributed by atoms with Gasteiger partial charge in [0.25, 0.3) is 0 Å². The molecule has 0 heterocycles. The second-order valence-corrected chi connectivity index (χ2v) is 13.2. The molecule has 2 aliphatic rings. The van der Waals surface area contributed by atoms with Crippen molar-refractivity contribution in [1.82, 2.24) is 0 Å². The Hall–Kier alpha value is -2.56. The Morgan fingerprint density at radius 1 is 1.12 bits per heavy atom. The maximum atomic E-state index is 12.3. The Morgan fingerprint density at radius 3 is 2.35 bits per heavy atom. The summed E-state index contributed by atoms with van der Waals surface area (Å²) in [5.74, 6) is -1.31. The fraction of sp³-hybridized carbons (Fsp3) is 0.0952. The third-order valence-corrected chi connectivity index (χ3v) is 12.3. The van der Waals surface area contributed by atoms with Crippen molar-refractivity contribution in [1.29, 1.82) is 0 Å². The zero-order valence-corrected chi connectivity index (χ0v) is 16.0. The molecule has 0 aliphatic heterocycles. The van der Waals surface area contributed by atoms with Crippen molar-refractivity contribution in [2.75, 3.05) is 0 Å². The molecule has 1 aromatic rings. The van der Waals surface area contributed by atoms with E-state index in [-0.39, 0.29) is 0 Å². The molecule has 0 saturated heterocycles. The molecular formula is C21H20O4Ti.